The van der Waals surface area contributed by atoms with Gasteiger partial charge in [-0.3, -0.25) is 0 Å². The molecule has 0 fully saturated rings. The third-order valence-corrected chi connectivity index (χ3v) is 4.24. The lowest BCUT2D eigenvalue weighted by Gasteiger charge is -2.02. The largest absolute Gasteiger partial charge is 0.457 e. The van der Waals surface area contributed by atoms with Crippen molar-refractivity contribution in [3.05, 3.63) is 89.9 Å². The number of rotatable bonds is 6. The number of carbonyl (C=O) groups is 1. The quantitative estimate of drug-likeness (QED) is 0.229. The van der Waals surface area contributed by atoms with Crippen LogP contribution in [-0.4, -0.2) is 17.4 Å². The summed E-state index contributed by atoms with van der Waals surface area (Å²) in [6, 6.07) is 20.1. The monoisotopic (exact) mass is 379 g/mol. The maximum absolute atomic E-state index is 11.9. The van der Waals surface area contributed by atoms with Crippen molar-refractivity contribution in [2.75, 3.05) is 0 Å². The highest BCUT2D eigenvalue weighted by Crippen LogP contribution is 2.15. The second-order valence-electron chi connectivity index (χ2n) is 5.40. The number of esters is 1. The van der Waals surface area contributed by atoms with Gasteiger partial charge in [0.2, 0.25) is 5.76 Å². The van der Waals surface area contributed by atoms with Gasteiger partial charge >= 0.3 is 5.97 Å². The highest BCUT2D eigenvalue weighted by Gasteiger charge is 2.11. The van der Waals surface area contributed by atoms with Crippen molar-refractivity contribution in [3.63, 3.8) is 0 Å². The maximum Gasteiger partial charge on any atom is 0.379 e. The summed E-state index contributed by atoms with van der Waals surface area (Å²) in [6.07, 6.45) is 2.96. The number of amidine groups is 1. The minimum Gasteiger partial charge on any atom is -0.457 e. The zero-order valence-corrected chi connectivity index (χ0v) is 15.1. The molecule has 6 nitrogen and oxygen atoms in total. The van der Waals surface area contributed by atoms with Crippen LogP contribution in [0, 0.1) is 0 Å². The molecule has 0 saturated carbocycles. The number of furan rings is 1. The molecule has 0 saturated heterocycles. The molecule has 3 rings (SSSR count). The Morgan fingerprint density at radius 3 is 2.74 bits per heavy atom. The van der Waals surface area contributed by atoms with Crippen LogP contribution in [0.5, 0.6) is 5.75 Å². The fourth-order valence-corrected chi connectivity index (χ4v) is 2.74. The van der Waals surface area contributed by atoms with E-state index in [1.807, 2.05) is 36.4 Å². The lowest BCUT2D eigenvalue weighted by atomic mass is 10.2. The summed E-state index contributed by atoms with van der Waals surface area (Å²) in [5, 5.41) is 8.32. The molecule has 0 amide bonds. The van der Waals surface area contributed by atoms with E-state index in [1.165, 1.54) is 24.1 Å². The van der Waals surface area contributed by atoms with Gasteiger partial charge in [-0.05, 0) is 35.4 Å². The van der Waals surface area contributed by atoms with Gasteiger partial charge in [-0.2, -0.15) is 5.10 Å². The Bertz CT molecular complexity index is 938. The van der Waals surface area contributed by atoms with E-state index in [4.69, 9.17) is 14.9 Å². The summed E-state index contributed by atoms with van der Waals surface area (Å²) in [6.45, 7) is 0. The standard InChI is InChI=1S/C20H17N3O3S/c21-20(27-14-15-6-2-1-3-7-15)23-22-13-16-8-4-9-17(12-16)26-19(24)18-10-5-11-25-18/h1-13H,14H2,(H2,21,23). The minimum absolute atomic E-state index is 0.141. The predicted octanol–water partition coefficient (Wildman–Crippen LogP) is 4.08. The molecule has 136 valence electrons. The minimum atomic E-state index is -0.561. The number of hydrogen-bond acceptors (Lipinski definition) is 6. The molecule has 1 heterocycles. The SMILES string of the molecule is NC(=NN=Cc1cccc(OC(=O)c2ccco2)c1)SCc1ccccc1. The summed E-state index contributed by atoms with van der Waals surface area (Å²) in [7, 11) is 0. The fourth-order valence-electron chi connectivity index (χ4n) is 2.12. The normalized spacial score (nSPS) is 11.6. The van der Waals surface area contributed by atoms with E-state index in [1.54, 1.807) is 30.5 Å². The molecular formula is C20H17N3O3S. The summed E-state index contributed by atoms with van der Waals surface area (Å²) >= 11 is 1.41. The number of ether oxygens (including phenoxy) is 1. The molecule has 0 radical (unpaired) electrons. The first-order chi connectivity index (χ1) is 13.2. The van der Waals surface area contributed by atoms with Gasteiger partial charge in [-0.15, -0.1) is 5.10 Å². The molecule has 0 spiro atoms. The van der Waals surface area contributed by atoms with Crippen molar-refractivity contribution in [2.24, 2.45) is 15.9 Å². The van der Waals surface area contributed by atoms with Crippen LogP contribution < -0.4 is 10.5 Å². The van der Waals surface area contributed by atoms with Crippen LogP contribution in [0.2, 0.25) is 0 Å². The van der Waals surface area contributed by atoms with Gasteiger partial charge in [-0.1, -0.05) is 54.2 Å². The highest BCUT2D eigenvalue weighted by molar-refractivity contribution is 8.13. The topological polar surface area (TPSA) is 90.2 Å². The summed E-state index contributed by atoms with van der Waals surface area (Å²) in [5.41, 5.74) is 7.74. The Hall–Kier alpha value is -3.32. The molecule has 0 unspecified atom stereocenters. The van der Waals surface area contributed by atoms with Crippen LogP contribution in [-0.2, 0) is 5.75 Å². The van der Waals surface area contributed by atoms with E-state index in [0.717, 1.165) is 16.9 Å². The van der Waals surface area contributed by atoms with E-state index < -0.39 is 5.97 Å². The summed E-state index contributed by atoms with van der Waals surface area (Å²) in [5.74, 6) is 0.690. The predicted molar refractivity (Wildman–Crippen MR) is 107 cm³/mol. The third kappa shape index (κ3) is 5.86. The van der Waals surface area contributed by atoms with Crippen molar-refractivity contribution >= 4 is 29.1 Å². The molecule has 2 aromatic carbocycles. The first kappa shape index (κ1) is 18.5. The van der Waals surface area contributed by atoms with E-state index >= 15 is 0 Å². The van der Waals surface area contributed by atoms with Gasteiger partial charge < -0.3 is 14.9 Å². The molecule has 0 aliphatic heterocycles. The van der Waals surface area contributed by atoms with Crippen LogP contribution in [0.15, 0.2) is 87.6 Å². The molecule has 0 aliphatic carbocycles. The van der Waals surface area contributed by atoms with E-state index in [2.05, 4.69) is 10.2 Å². The fraction of sp³-hybridized carbons (Fsp3) is 0.0500. The van der Waals surface area contributed by atoms with Crippen molar-refractivity contribution in [2.45, 2.75) is 5.75 Å². The van der Waals surface area contributed by atoms with Crippen LogP contribution >= 0.6 is 11.8 Å². The molecule has 1 aromatic heterocycles. The molecule has 0 atom stereocenters. The Morgan fingerprint density at radius 1 is 1.11 bits per heavy atom. The second-order valence-corrected chi connectivity index (χ2v) is 6.39. The Balaban J connectivity index is 1.56. The Morgan fingerprint density at radius 2 is 1.96 bits per heavy atom. The van der Waals surface area contributed by atoms with Gasteiger partial charge in [0.1, 0.15) is 5.75 Å². The molecule has 2 N–H and O–H groups in total. The number of nitrogens with two attached hydrogens (primary N) is 1. The third-order valence-electron chi connectivity index (χ3n) is 3.38. The maximum atomic E-state index is 11.9. The van der Waals surface area contributed by atoms with Crippen molar-refractivity contribution < 1.29 is 13.9 Å². The number of carbonyl (C=O) groups excluding carboxylic acids is 1. The lowest BCUT2D eigenvalue weighted by molar-refractivity contribution is 0.0701. The summed E-state index contributed by atoms with van der Waals surface area (Å²) < 4.78 is 10.3. The average molecular weight is 379 g/mol. The summed E-state index contributed by atoms with van der Waals surface area (Å²) in [4.78, 5) is 11.9. The Labute approximate surface area is 160 Å². The number of thioether (sulfide) groups is 1. The van der Waals surface area contributed by atoms with Crippen molar-refractivity contribution in [1.29, 1.82) is 0 Å². The van der Waals surface area contributed by atoms with Gasteiger partial charge in [0.25, 0.3) is 0 Å². The average Bonchev–Trinajstić information content (AvgIpc) is 3.23. The highest BCUT2D eigenvalue weighted by atomic mass is 32.2. The van der Waals surface area contributed by atoms with Gasteiger partial charge in [0, 0.05) is 5.75 Å². The zero-order valence-electron chi connectivity index (χ0n) is 14.3. The molecule has 7 heteroatoms. The number of hydrogen-bond donors (Lipinski definition) is 1. The first-order valence-electron chi connectivity index (χ1n) is 8.10. The van der Waals surface area contributed by atoms with Crippen molar-refractivity contribution in [3.8, 4) is 5.75 Å². The Kier molecular flexibility index (Phi) is 6.43. The second kappa shape index (κ2) is 9.40. The number of nitrogens with zero attached hydrogens (tertiary/aromatic N) is 2. The molecule has 0 bridgehead atoms. The van der Waals surface area contributed by atoms with Crippen LogP contribution in [0.25, 0.3) is 0 Å². The smallest absolute Gasteiger partial charge is 0.379 e. The van der Waals surface area contributed by atoms with Gasteiger partial charge in [0.05, 0.1) is 12.5 Å². The van der Waals surface area contributed by atoms with E-state index in [-0.39, 0.29) is 5.76 Å². The van der Waals surface area contributed by atoms with Crippen LogP contribution in [0.1, 0.15) is 21.7 Å². The van der Waals surface area contributed by atoms with Crippen LogP contribution in [0.4, 0.5) is 0 Å². The molecule has 27 heavy (non-hydrogen) atoms. The molecule has 3 aromatic rings. The van der Waals surface area contributed by atoms with Gasteiger partial charge in [-0.25, -0.2) is 4.79 Å². The van der Waals surface area contributed by atoms with E-state index in [9.17, 15) is 4.79 Å². The molecular weight excluding hydrogens is 362 g/mol. The van der Waals surface area contributed by atoms with E-state index in [0.29, 0.717) is 10.9 Å². The molecule has 0 aliphatic rings. The first-order valence-corrected chi connectivity index (χ1v) is 9.08. The lowest BCUT2D eigenvalue weighted by Crippen LogP contribution is -2.07. The van der Waals surface area contributed by atoms with Gasteiger partial charge in [0.15, 0.2) is 5.17 Å². The van der Waals surface area contributed by atoms with Crippen molar-refractivity contribution in [1.82, 2.24) is 0 Å². The zero-order chi connectivity index (χ0) is 18.9. The van der Waals surface area contributed by atoms with Crippen LogP contribution in [0.3, 0.4) is 0 Å². The number of benzene rings is 2.